The molecule has 140 valence electrons. The Balaban J connectivity index is 2.04. The number of ether oxygens (including phenoxy) is 1. The van der Waals surface area contributed by atoms with Gasteiger partial charge in [0.05, 0.1) is 19.2 Å². The predicted octanol–water partition coefficient (Wildman–Crippen LogP) is 2.26. The molecule has 2 heterocycles. The van der Waals surface area contributed by atoms with Gasteiger partial charge in [-0.3, -0.25) is 9.79 Å². The van der Waals surface area contributed by atoms with Crippen molar-refractivity contribution < 1.29 is 14.4 Å². The highest BCUT2D eigenvalue weighted by atomic mass is 16.7. The van der Waals surface area contributed by atoms with E-state index in [1.54, 1.807) is 7.11 Å². The first-order valence-electron chi connectivity index (χ1n) is 9.00. The molecular weight excluding hydrogens is 330 g/mol. The molecule has 1 spiro atoms. The molecule has 1 fully saturated rings. The van der Waals surface area contributed by atoms with Crippen molar-refractivity contribution >= 4 is 18.2 Å². The molecule has 1 amide bonds. The third-order valence-corrected chi connectivity index (χ3v) is 5.23. The van der Waals surface area contributed by atoms with Gasteiger partial charge >= 0.3 is 0 Å². The molecule has 1 saturated heterocycles. The van der Waals surface area contributed by atoms with Crippen molar-refractivity contribution in [3.05, 3.63) is 40.6 Å². The van der Waals surface area contributed by atoms with Crippen LogP contribution in [0.15, 0.2) is 29.0 Å². The number of aryl methyl sites for hydroxylation is 2. The minimum atomic E-state index is -0.473. The molecule has 2 aliphatic rings. The lowest BCUT2D eigenvalue weighted by Crippen LogP contribution is -2.53. The van der Waals surface area contributed by atoms with Crippen molar-refractivity contribution in [2.45, 2.75) is 32.2 Å². The zero-order chi connectivity index (χ0) is 18.7. The van der Waals surface area contributed by atoms with E-state index in [2.05, 4.69) is 29.2 Å². The Morgan fingerprint density at radius 3 is 2.69 bits per heavy atom. The van der Waals surface area contributed by atoms with Crippen molar-refractivity contribution in [3.63, 3.8) is 0 Å². The largest absolute Gasteiger partial charge is 0.493 e. The Hall–Kier alpha value is -2.18. The van der Waals surface area contributed by atoms with Crippen molar-refractivity contribution in [2.24, 2.45) is 4.99 Å². The van der Waals surface area contributed by atoms with Gasteiger partial charge in [0.15, 0.2) is 0 Å². The maximum Gasteiger partial charge on any atom is 0.256 e. The van der Waals surface area contributed by atoms with Gasteiger partial charge in [-0.2, -0.15) is 5.06 Å². The van der Waals surface area contributed by atoms with Gasteiger partial charge in [0.25, 0.3) is 5.91 Å². The SMILES string of the molecule is C=NCCOC1=C(c2cc(C)ccc2C)C(=O)NC12CCN(OC)CC2. The van der Waals surface area contributed by atoms with Gasteiger partial charge in [0.2, 0.25) is 0 Å². The maximum atomic E-state index is 13.0. The molecule has 2 aliphatic heterocycles. The molecule has 0 aliphatic carbocycles. The van der Waals surface area contributed by atoms with Crippen LogP contribution in [0.3, 0.4) is 0 Å². The Morgan fingerprint density at radius 1 is 1.31 bits per heavy atom. The Bertz CT molecular complexity index is 734. The van der Waals surface area contributed by atoms with Crippen molar-refractivity contribution in [3.8, 4) is 0 Å². The molecule has 3 rings (SSSR count). The number of piperidine rings is 1. The van der Waals surface area contributed by atoms with E-state index < -0.39 is 5.54 Å². The molecular formula is C20H27N3O3. The Morgan fingerprint density at radius 2 is 2.04 bits per heavy atom. The lowest BCUT2D eigenvalue weighted by Gasteiger charge is -2.39. The minimum absolute atomic E-state index is 0.0638. The lowest BCUT2D eigenvalue weighted by molar-refractivity contribution is -0.153. The molecule has 0 unspecified atom stereocenters. The number of aliphatic imine (C=N–C) groups is 1. The first-order valence-corrected chi connectivity index (χ1v) is 9.00. The van der Waals surface area contributed by atoms with E-state index in [-0.39, 0.29) is 5.91 Å². The molecule has 0 aromatic heterocycles. The van der Waals surface area contributed by atoms with Crippen LogP contribution in [-0.2, 0) is 14.4 Å². The molecule has 1 aromatic rings. The highest BCUT2D eigenvalue weighted by Gasteiger charge is 2.49. The summed E-state index contributed by atoms with van der Waals surface area (Å²) in [6.07, 6.45) is 1.50. The van der Waals surface area contributed by atoms with Crippen LogP contribution in [0, 0.1) is 13.8 Å². The van der Waals surface area contributed by atoms with Crippen LogP contribution in [0.5, 0.6) is 0 Å². The Kier molecular flexibility index (Phi) is 5.44. The average Bonchev–Trinajstić information content (AvgIpc) is 2.89. The second-order valence-corrected chi connectivity index (χ2v) is 6.97. The number of hydroxylamine groups is 2. The third-order valence-electron chi connectivity index (χ3n) is 5.23. The summed E-state index contributed by atoms with van der Waals surface area (Å²) in [5.41, 5.74) is 3.30. The van der Waals surface area contributed by atoms with Gasteiger partial charge in [-0.25, -0.2) is 0 Å². The van der Waals surface area contributed by atoms with Crippen LogP contribution in [-0.4, -0.2) is 56.6 Å². The summed E-state index contributed by atoms with van der Waals surface area (Å²) >= 11 is 0. The highest BCUT2D eigenvalue weighted by molar-refractivity contribution is 6.23. The van der Waals surface area contributed by atoms with E-state index in [9.17, 15) is 4.79 Å². The van der Waals surface area contributed by atoms with Crippen LogP contribution in [0.2, 0.25) is 0 Å². The summed E-state index contributed by atoms with van der Waals surface area (Å²) in [5.74, 6) is 0.682. The first-order chi connectivity index (χ1) is 12.5. The number of rotatable bonds is 6. The number of carbonyl (C=O) groups excluding carboxylic acids is 1. The van der Waals surface area contributed by atoms with Crippen LogP contribution < -0.4 is 5.32 Å². The van der Waals surface area contributed by atoms with E-state index >= 15 is 0 Å². The van der Waals surface area contributed by atoms with Gasteiger partial charge in [-0.15, -0.1) is 0 Å². The van der Waals surface area contributed by atoms with Gasteiger partial charge < -0.3 is 14.9 Å². The van der Waals surface area contributed by atoms with Crippen LogP contribution in [0.4, 0.5) is 0 Å². The number of hydrogen-bond donors (Lipinski definition) is 1. The fraction of sp³-hybridized carbons (Fsp3) is 0.500. The summed E-state index contributed by atoms with van der Waals surface area (Å²) in [4.78, 5) is 22.2. The van der Waals surface area contributed by atoms with Crippen molar-refractivity contribution in [1.82, 2.24) is 10.4 Å². The lowest BCUT2D eigenvalue weighted by atomic mass is 9.85. The standard InChI is InChI=1S/C20H27N3O3/c1-14-5-6-15(2)16(13-14)17-18(26-12-9-21-3)20(22-19(17)24)7-10-23(25-4)11-8-20/h5-6,13H,3,7-12H2,1-2,4H3,(H,22,24). The second kappa shape index (κ2) is 7.60. The van der Waals surface area contributed by atoms with Crippen LogP contribution >= 0.6 is 0 Å². The number of hydrogen-bond acceptors (Lipinski definition) is 5. The Labute approximate surface area is 154 Å². The smallest absolute Gasteiger partial charge is 0.256 e. The number of carbonyl (C=O) groups is 1. The number of benzene rings is 1. The van der Waals surface area contributed by atoms with Crippen LogP contribution in [0.25, 0.3) is 5.57 Å². The normalized spacial score (nSPS) is 19.7. The summed E-state index contributed by atoms with van der Waals surface area (Å²) in [5, 5.41) is 5.13. The minimum Gasteiger partial charge on any atom is -0.493 e. The molecule has 0 bridgehead atoms. The highest BCUT2D eigenvalue weighted by Crippen LogP contribution is 2.41. The predicted molar refractivity (Wildman–Crippen MR) is 102 cm³/mol. The zero-order valence-corrected chi connectivity index (χ0v) is 15.8. The fourth-order valence-corrected chi connectivity index (χ4v) is 3.75. The topological polar surface area (TPSA) is 63.2 Å². The van der Waals surface area contributed by atoms with E-state index in [1.165, 1.54) is 0 Å². The van der Waals surface area contributed by atoms with Gasteiger partial charge in [-0.05, 0) is 44.5 Å². The number of nitrogens with zero attached hydrogens (tertiary/aromatic N) is 2. The number of nitrogens with one attached hydrogen (secondary N) is 1. The monoisotopic (exact) mass is 357 g/mol. The zero-order valence-electron chi connectivity index (χ0n) is 15.8. The third kappa shape index (κ3) is 3.39. The summed E-state index contributed by atoms with van der Waals surface area (Å²) in [7, 11) is 1.68. The van der Waals surface area contributed by atoms with Gasteiger partial charge in [0, 0.05) is 13.1 Å². The van der Waals surface area contributed by atoms with Crippen LogP contribution in [0.1, 0.15) is 29.5 Å². The maximum absolute atomic E-state index is 13.0. The summed E-state index contributed by atoms with van der Waals surface area (Å²) < 4.78 is 6.14. The average molecular weight is 357 g/mol. The number of amides is 1. The van der Waals surface area contributed by atoms with Crippen molar-refractivity contribution in [2.75, 3.05) is 33.4 Å². The van der Waals surface area contributed by atoms with E-state index in [4.69, 9.17) is 9.57 Å². The molecule has 0 radical (unpaired) electrons. The fourth-order valence-electron chi connectivity index (χ4n) is 3.75. The van der Waals surface area contributed by atoms with E-state index in [1.807, 2.05) is 25.0 Å². The summed E-state index contributed by atoms with van der Waals surface area (Å²) in [6.45, 7) is 9.96. The second-order valence-electron chi connectivity index (χ2n) is 6.97. The quantitative estimate of drug-likeness (QED) is 0.627. The molecule has 1 N–H and O–H groups in total. The summed E-state index contributed by atoms with van der Waals surface area (Å²) in [6, 6.07) is 6.16. The molecule has 6 nitrogen and oxygen atoms in total. The molecule has 0 saturated carbocycles. The molecule has 26 heavy (non-hydrogen) atoms. The molecule has 1 aromatic carbocycles. The van der Waals surface area contributed by atoms with E-state index in [0.717, 1.165) is 48.4 Å². The van der Waals surface area contributed by atoms with E-state index in [0.29, 0.717) is 18.7 Å². The molecule has 6 heteroatoms. The first kappa shape index (κ1) is 18.6. The molecule has 0 atom stereocenters. The van der Waals surface area contributed by atoms with Crippen molar-refractivity contribution in [1.29, 1.82) is 0 Å². The van der Waals surface area contributed by atoms with Gasteiger partial charge in [0.1, 0.15) is 17.9 Å². The van der Waals surface area contributed by atoms with Gasteiger partial charge in [-0.1, -0.05) is 23.8 Å².